The van der Waals surface area contributed by atoms with Crippen molar-refractivity contribution in [3.05, 3.63) is 65.0 Å². The second-order valence-electron chi connectivity index (χ2n) is 7.18. The molecule has 0 spiro atoms. The first-order valence-electron chi connectivity index (χ1n) is 9.24. The minimum absolute atomic E-state index is 0.0461. The van der Waals surface area contributed by atoms with E-state index < -0.39 is 0 Å². The molecule has 0 atom stereocenters. The van der Waals surface area contributed by atoms with Gasteiger partial charge in [-0.05, 0) is 44.7 Å². The molecule has 0 bridgehead atoms. The molecular formula is C20H25N5O. The van der Waals surface area contributed by atoms with E-state index in [-0.39, 0.29) is 12.0 Å². The van der Waals surface area contributed by atoms with Crippen LogP contribution in [0.25, 0.3) is 0 Å². The zero-order valence-electron chi connectivity index (χ0n) is 15.4. The predicted molar refractivity (Wildman–Crippen MR) is 99.0 cm³/mol. The molecule has 0 aliphatic heterocycles. The lowest BCUT2D eigenvalue weighted by molar-refractivity contribution is 0.275. The minimum Gasteiger partial charge on any atom is -0.396 e. The largest absolute Gasteiger partial charge is 0.396 e. The maximum atomic E-state index is 9.23. The summed E-state index contributed by atoms with van der Waals surface area (Å²) in [6.07, 6.45) is 2.84. The maximum Gasteiger partial charge on any atom is 0.161 e. The van der Waals surface area contributed by atoms with Crippen molar-refractivity contribution in [3.63, 3.8) is 0 Å². The Hall–Kier alpha value is -2.47. The molecule has 0 amide bonds. The molecule has 0 unspecified atom stereocenters. The fourth-order valence-corrected chi connectivity index (χ4v) is 3.59. The third kappa shape index (κ3) is 3.05. The molecule has 4 rings (SSSR count). The lowest BCUT2D eigenvalue weighted by atomic mass is 9.95. The van der Waals surface area contributed by atoms with Crippen LogP contribution >= 0.6 is 0 Å². The van der Waals surface area contributed by atoms with Crippen LogP contribution in [-0.4, -0.2) is 36.3 Å². The molecule has 6 nitrogen and oxygen atoms in total. The third-order valence-corrected chi connectivity index (χ3v) is 5.18. The summed E-state index contributed by atoms with van der Waals surface area (Å²) in [5.41, 5.74) is 3.37. The Morgan fingerprint density at radius 1 is 1.08 bits per heavy atom. The van der Waals surface area contributed by atoms with E-state index in [1.807, 2.05) is 22.4 Å². The first-order chi connectivity index (χ1) is 12.6. The van der Waals surface area contributed by atoms with Crippen LogP contribution in [0.5, 0.6) is 0 Å². The zero-order chi connectivity index (χ0) is 18.1. The van der Waals surface area contributed by atoms with Crippen molar-refractivity contribution < 1.29 is 5.11 Å². The normalized spacial score (nSPS) is 15.3. The Labute approximate surface area is 153 Å². The molecule has 136 valence electrons. The van der Waals surface area contributed by atoms with Crippen LogP contribution in [0.1, 0.15) is 47.9 Å². The maximum absolute atomic E-state index is 9.23. The molecule has 2 aromatic heterocycles. The quantitative estimate of drug-likeness (QED) is 0.710. The number of nitrogens with zero attached hydrogens (tertiary/aromatic N) is 5. The fourth-order valence-electron chi connectivity index (χ4n) is 3.59. The van der Waals surface area contributed by atoms with Crippen molar-refractivity contribution >= 4 is 0 Å². The molecule has 0 radical (unpaired) electrons. The summed E-state index contributed by atoms with van der Waals surface area (Å²) < 4.78 is 3.92. The molecule has 0 saturated heterocycles. The highest BCUT2D eigenvalue weighted by Gasteiger charge is 2.49. The van der Waals surface area contributed by atoms with Gasteiger partial charge in [0, 0.05) is 18.8 Å². The summed E-state index contributed by atoms with van der Waals surface area (Å²) in [6.45, 7) is 5.48. The van der Waals surface area contributed by atoms with Crippen LogP contribution in [0.15, 0.2) is 36.4 Å². The summed E-state index contributed by atoms with van der Waals surface area (Å²) in [4.78, 5) is 4.93. The van der Waals surface area contributed by atoms with Crippen molar-refractivity contribution in [2.24, 2.45) is 0 Å². The summed E-state index contributed by atoms with van der Waals surface area (Å²) >= 11 is 0. The van der Waals surface area contributed by atoms with E-state index >= 15 is 0 Å². The number of aliphatic hydroxyl groups is 1. The average Bonchev–Trinajstić information content (AvgIpc) is 3.27. The van der Waals surface area contributed by atoms with Crippen LogP contribution in [0.3, 0.4) is 0 Å². The second kappa shape index (κ2) is 6.68. The van der Waals surface area contributed by atoms with E-state index in [1.165, 1.54) is 5.56 Å². The summed E-state index contributed by atoms with van der Waals surface area (Å²) in [7, 11) is 0. The molecule has 1 aliphatic rings. The molecule has 6 heteroatoms. The average molecular weight is 351 g/mol. The smallest absolute Gasteiger partial charge is 0.161 e. The van der Waals surface area contributed by atoms with Gasteiger partial charge in [0.2, 0.25) is 0 Å². The van der Waals surface area contributed by atoms with Gasteiger partial charge in [-0.15, -0.1) is 0 Å². The Morgan fingerprint density at radius 2 is 1.85 bits per heavy atom. The van der Waals surface area contributed by atoms with E-state index in [4.69, 9.17) is 10.1 Å². The standard InChI is InChI=1S/C20H25N5O/c1-15-13-16(2)25(22-15)14-18-21-19(23-24(18)11-6-12-26)20(9-10-20)17-7-4-3-5-8-17/h3-5,7-8,13,26H,6,9-12,14H2,1-2H3. The Balaban J connectivity index is 1.69. The first kappa shape index (κ1) is 17.0. The van der Waals surface area contributed by atoms with Crippen LogP contribution in [0, 0.1) is 13.8 Å². The topological polar surface area (TPSA) is 68.8 Å². The molecule has 1 N–H and O–H groups in total. The number of rotatable bonds is 7. The van der Waals surface area contributed by atoms with Crippen LogP contribution in [-0.2, 0) is 18.5 Å². The van der Waals surface area contributed by atoms with Gasteiger partial charge in [-0.3, -0.25) is 4.68 Å². The third-order valence-electron chi connectivity index (χ3n) is 5.18. The molecule has 1 aromatic carbocycles. The highest BCUT2D eigenvalue weighted by Crippen LogP contribution is 2.52. The monoisotopic (exact) mass is 351 g/mol. The fraction of sp³-hybridized carbons (Fsp3) is 0.450. The highest BCUT2D eigenvalue weighted by molar-refractivity contribution is 5.39. The summed E-state index contributed by atoms with van der Waals surface area (Å²) in [5.74, 6) is 1.81. The lowest BCUT2D eigenvalue weighted by Gasteiger charge is -2.11. The van der Waals surface area contributed by atoms with E-state index in [2.05, 4.69) is 42.4 Å². The molecule has 1 fully saturated rings. The Kier molecular flexibility index (Phi) is 4.36. The van der Waals surface area contributed by atoms with Gasteiger partial charge in [-0.1, -0.05) is 30.3 Å². The van der Waals surface area contributed by atoms with Crippen LogP contribution < -0.4 is 0 Å². The SMILES string of the molecule is Cc1cc(C)n(Cc2nc(C3(c4ccccc4)CC3)nn2CCCO)n1. The number of hydrogen-bond acceptors (Lipinski definition) is 4. The molecule has 26 heavy (non-hydrogen) atoms. The van der Waals surface area contributed by atoms with Gasteiger partial charge in [-0.25, -0.2) is 9.67 Å². The van der Waals surface area contributed by atoms with Gasteiger partial charge in [0.05, 0.1) is 11.1 Å². The number of benzene rings is 1. The first-order valence-corrected chi connectivity index (χ1v) is 9.24. The number of aromatic nitrogens is 5. The highest BCUT2D eigenvalue weighted by atomic mass is 16.3. The number of hydrogen-bond donors (Lipinski definition) is 1. The molecule has 2 heterocycles. The van der Waals surface area contributed by atoms with Crippen LogP contribution in [0.2, 0.25) is 0 Å². The van der Waals surface area contributed by atoms with Crippen molar-refractivity contribution in [2.75, 3.05) is 6.61 Å². The van der Waals surface area contributed by atoms with E-state index in [0.717, 1.165) is 35.9 Å². The van der Waals surface area contributed by atoms with Crippen molar-refractivity contribution in [1.82, 2.24) is 24.5 Å². The van der Waals surface area contributed by atoms with Gasteiger partial charge in [-0.2, -0.15) is 10.2 Å². The van der Waals surface area contributed by atoms with Crippen molar-refractivity contribution in [1.29, 1.82) is 0 Å². The van der Waals surface area contributed by atoms with E-state index in [1.54, 1.807) is 0 Å². The second-order valence-corrected chi connectivity index (χ2v) is 7.18. The number of aliphatic hydroxyl groups excluding tert-OH is 1. The molecule has 3 aromatic rings. The summed E-state index contributed by atoms with van der Waals surface area (Å²) in [6, 6.07) is 12.6. The van der Waals surface area contributed by atoms with Gasteiger partial charge >= 0.3 is 0 Å². The van der Waals surface area contributed by atoms with E-state index in [0.29, 0.717) is 19.5 Å². The van der Waals surface area contributed by atoms with Crippen molar-refractivity contribution in [3.8, 4) is 0 Å². The Morgan fingerprint density at radius 3 is 2.46 bits per heavy atom. The molecule has 1 aliphatic carbocycles. The molecular weight excluding hydrogens is 326 g/mol. The van der Waals surface area contributed by atoms with Gasteiger partial charge in [0.25, 0.3) is 0 Å². The van der Waals surface area contributed by atoms with E-state index in [9.17, 15) is 5.11 Å². The zero-order valence-corrected chi connectivity index (χ0v) is 15.4. The molecule has 1 saturated carbocycles. The van der Waals surface area contributed by atoms with Gasteiger partial charge in [0.1, 0.15) is 12.4 Å². The van der Waals surface area contributed by atoms with Crippen LogP contribution in [0.4, 0.5) is 0 Å². The minimum atomic E-state index is -0.0461. The summed E-state index contributed by atoms with van der Waals surface area (Å²) in [5, 5.41) is 18.6. The predicted octanol–water partition coefficient (Wildman–Crippen LogP) is 2.60. The Bertz CT molecular complexity index is 892. The van der Waals surface area contributed by atoms with Gasteiger partial charge in [0.15, 0.2) is 5.82 Å². The lowest BCUT2D eigenvalue weighted by Crippen LogP contribution is -2.13. The number of aryl methyl sites for hydroxylation is 3. The van der Waals surface area contributed by atoms with Crippen molar-refractivity contribution in [2.45, 2.75) is 51.6 Å². The van der Waals surface area contributed by atoms with Gasteiger partial charge < -0.3 is 5.11 Å².